The molecule has 3 aromatic rings. The van der Waals surface area contributed by atoms with Crippen LogP contribution in [0.1, 0.15) is 16.0 Å². The van der Waals surface area contributed by atoms with Gasteiger partial charge in [-0.2, -0.15) is 0 Å². The Bertz CT molecular complexity index is 768. The second kappa shape index (κ2) is 5.50. The van der Waals surface area contributed by atoms with E-state index in [4.69, 9.17) is 0 Å². The van der Waals surface area contributed by atoms with Crippen molar-refractivity contribution in [3.8, 4) is 0 Å². The molecule has 2 heterocycles. The Kier molecular flexibility index (Phi) is 3.72. The fourth-order valence-corrected chi connectivity index (χ4v) is 4.12. The fraction of sp³-hybridized carbons (Fsp3) is 0.200. The SMILES string of the molecule is Cc1sc2ncnc(SCc3ccccc3F)c2c1C. The predicted octanol–water partition coefficient (Wildman–Crippen LogP) is 4.74. The third-order valence-electron chi connectivity index (χ3n) is 3.25. The summed E-state index contributed by atoms with van der Waals surface area (Å²) >= 11 is 3.24. The molecule has 102 valence electrons. The number of hydrogen-bond donors (Lipinski definition) is 0. The number of benzene rings is 1. The zero-order valence-corrected chi connectivity index (χ0v) is 12.8. The molecule has 0 spiro atoms. The molecule has 0 radical (unpaired) electrons. The second-order valence-corrected chi connectivity index (χ2v) is 6.69. The van der Waals surface area contributed by atoms with Crippen molar-refractivity contribution in [2.75, 3.05) is 0 Å². The van der Waals surface area contributed by atoms with E-state index in [0.717, 1.165) is 15.2 Å². The Labute approximate surface area is 125 Å². The molecule has 2 nitrogen and oxygen atoms in total. The Balaban J connectivity index is 1.94. The molecule has 0 N–H and O–H groups in total. The van der Waals surface area contributed by atoms with Gasteiger partial charge in [-0.1, -0.05) is 18.2 Å². The first-order valence-electron chi connectivity index (χ1n) is 6.23. The van der Waals surface area contributed by atoms with Gasteiger partial charge < -0.3 is 0 Å². The highest BCUT2D eigenvalue weighted by Gasteiger charge is 2.12. The Morgan fingerprint density at radius 3 is 2.80 bits per heavy atom. The molecule has 0 aliphatic heterocycles. The van der Waals surface area contributed by atoms with Crippen LogP contribution in [0, 0.1) is 19.7 Å². The number of fused-ring (bicyclic) bond motifs is 1. The third kappa shape index (κ3) is 2.43. The first-order valence-corrected chi connectivity index (χ1v) is 8.04. The summed E-state index contributed by atoms with van der Waals surface area (Å²) in [6.45, 7) is 4.18. The Hall–Kier alpha value is -1.46. The lowest BCUT2D eigenvalue weighted by Crippen LogP contribution is -1.89. The third-order valence-corrected chi connectivity index (χ3v) is 5.41. The maximum Gasteiger partial charge on any atom is 0.128 e. The lowest BCUT2D eigenvalue weighted by Gasteiger charge is -2.04. The maximum atomic E-state index is 13.6. The average molecular weight is 304 g/mol. The van der Waals surface area contributed by atoms with E-state index in [0.29, 0.717) is 11.3 Å². The van der Waals surface area contributed by atoms with Gasteiger partial charge in [0.25, 0.3) is 0 Å². The number of thiophene rings is 1. The first kappa shape index (κ1) is 13.5. The Morgan fingerprint density at radius 2 is 2.00 bits per heavy atom. The van der Waals surface area contributed by atoms with Crippen molar-refractivity contribution in [3.63, 3.8) is 0 Å². The molecule has 0 aliphatic carbocycles. The van der Waals surface area contributed by atoms with Crippen molar-refractivity contribution in [3.05, 3.63) is 52.4 Å². The monoisotopic (exact) mass is 304 g/mol. The van der Waals surface area contributed by atoms with Gasteiger partial charge in [0, 0.05) is 16.0 Å². The van der Waals surface area contributed by atoms with Gasteiger partial charge in [-0.3, -0.25) is 0 Å². The molecule has 0 atom stereocenters. The second-order valence-electron chi connectivity index (χ2n) is 4.52. The number of rotatable bonds is 3. The van der Waals surface area contributed by atoms with Gasteiger partial charge in [0.15, 0.2) is 0 Å². The van der Waals surface area contributed by atoms with Gasteiger partial charge in [0.2, 0.25) is 0 Å². The van der Waals surface area contributed by atoms with Crippen LogP contribution < -0.4 is 0 Å². The average Bonchev–Trinajstić information content (AvgIpc) is 2.74. The molecule has 0 bridgehead atoms. The minimum absolute atomic E-state index is 0.163. The quantitative estimate of drug-likeness (QED) is 0.516. The van der Waals surface area contributed by atoms with E-state index in [1.807, 2.05) is 12.1 Å². The van der Waals surface area contributed by atoms with Crippen molar-refractivity contribution in [2.24, 2.45) is 0 Å². The molecule has 0 saturated carbocycles. The predicted molar refractivity (Wildman–Crippen MR) is 82.9 cm³/mol. The van der Waals surface area contributed by atoms with Crippen LogP contribution in [0.5, 0.6) is 0 Å². The molecule has 0 aliphatic rings. The van der Waals surface area contributed by atoms with Gasteiger partial charge in [0.1, 0.15) is 22.0 Å². The number of hydrogen-bond acceptors (Lipinski definition) is 4. The van der Waals surface area contributed by atoms with E-state index in [9.17, 15) is 4.39 Å². The van der Waals surface area contributed by atoms with Crippen molar-refractivity contribution in [2.45, 2.75) is 24.6 Å². The number of halogens is 1. The lowest BCUT2D eigenvalue weighted by atomic mass is 10.2. The molecule has 0 amide bonds. The van der Waals surface area contributed by atoms with Gasteiger partial charge in [-0.15, -0.1) is 23.1 Å². The van der Waals surface area contributed by atoms with Gasteiger partial charge >= 0.3 is 0 Å². The fourth-order valence-electron chi connectivity index (χ4n) is 2.02. The van der Waals surface area contributed by atoms with Crippen molar-refractivity contribution in [1.29, 1.82) is 0 Å². The highest BCUT2D eigenvalue weighted by Crippen LogP contribution is 2.35. The smallest absolute Gasteiger partial charge is 0.128 e. The number of aryl methyl sites for hydroxylation is 2. The highest BCUT2D eigenvalue weighted by atomic mass is 32.2. The minimum Gasteiger partial charge on any atom is -0.229 e. The molecular formula is C15H13FN2S2. The summed E-state index contributed by atoms with van der Waals surface area (Å²) in [5.74, 6) is 0.413. The van der Waals surface area contributed by atoms with Crippen LogP contribution in [-0.2, 0) is 5.75 Å². The highest BCUT2D eigenvalue weighted by molar-refractivity contribution is 7.98. The molecular weight excluding hydrogens is 291 g/mol. The van der Waals surface area contributed by atoms with Crippen LogP contribution in [0.2, 0.25) is 0 Å². The summed E-state index contributed by atoms with van der Waals surface area (Å²) in [7, 11) is 0. The molecule has 5 heteroatoms. The van der Waals surface area contributed by atoms with Crippen LogP contribution in [0.4, 0.5) is 4.39 Å². The van der Waals surface area contributed by atoms with Crippen LogP contribution >= 0.6 is 23.1 Å². The zero-order valence-electron chi connectivity index (χ0n) is 11.2. The lowest BCUT2D eigenvalue weighted by molar-refractivity contribution is 0.617. The van der Waals surface area contributed by atoms with E-state index in [2.05, 4.69) is 23.8 Å². The molecule has 2 aromatic heterocycles. The normalized spacial score (nSPS) is 11.2. The van der Waals surface area contributed by atoms with Crippen molar-refractivity contribution < 1.29 is 4.39 Å². The Morgan fingerprint density at radius 1 is 1.20 bits per heavy atom. The maximum absolute atomic E-state index is 13.6. The summed E-state index contributed by atoms with van der Waals surface area (Å²) in [6, 6.07) is 6.87. The number of thioether (sulfide) groups is 1. The summed E-state index contributed by atoms with van der Waals surface area (Å²) in [5.41, 5.74) is 1.93. The van der Waals surface area contributed by atoms with Crippen molar-refractivity contribution >= 4 is 33.3 Å². The van der Waals surface area contributed by atoms with Crippen LogP contribution in [0.25, 0.3) is 10.2 Å². The van der Waals surface area contributed by atoms with Gasteiger partial charge in [0.05, 0.1) is 0 Å². The summed E-state index contributed by atoms with van der Waals surface area (Å²) in [4.78, 5) is 10.9. The van der Waals surface area contributed by atoms with E-state index >= 15 is 0 Å². The topological polar surface area (TPSA) is 25.8 Å². The van der Waals surface area contributed by atoms with Crippen LogP contribution in [0.3, 0.4) is 0 Å². The van der Waals surface area contributed by atoms with Crippen LogP contribution in [-0.4, -0.2) is 9.97 Å². The molecule has 20 heavy (non-hydrogen) atoms. The van der Waals surface area contributed by atoms with E-state index in [1.54, 1.807) is 35.5 Å². The molecule has 3 rings (SSSR count). The molecule has 0 saturated heterocycles. The van der Waals surface area contributed by atoms with Gasteiger partial charge in [-0.25, -0.2) is 14.4 Å². The van der Waals surface area contributed by atoms with E-state index < -0.39 is 0 Å². The van der Waals surface area contributed by atoms with E-state index in [-0.39, 0.29) is 5.82 Å². The van der Waals surface area contributed by atoms with Crippen molar-refractivity contribution in [1.82, 2.24) is 9.97 Å². The molecule has 1 aromatic carbocycles. The summed E-state index contributed by atoms with van der Waals surface area (Å²) in [6.07, 6.45) is 1.58. The number of nitrogens with zero attached hydrogens (tertiary/aromatic N) is 2. The molecule has 0 unspecified atom stereocenters. The summed E-state index contributed by atoms with van der Waals surface area (Å²) in [5, 5.41) is 2.04. The largest absolute Gasteiger partial charge is 0.229 e. The van der Waals surface area contributed by atoms with E-state index in [1.165, 1.54) is 16.5 Å². The molecule has 0 fully saturated rings. The first-order chi connectivity index (χ1) is 9.66. The summed E-state index contributed by atoms with van der Waals surface area (Å²) < 4.78 is 13.6. The minimum atomic E-state index is -0.163. The zero-order chi connectivity index (χ0) is 14.1. The number of aromatic nitrogens is 2. The van der Waals surface area contributed by atoms with Crippen LogP contribution in [0.15, 0.2) is 35.6 Å². The van der Waals surface area contributed by atoms with Gasteiger partial charge in [-0.05, 0) is 31.0 Å². The standard InChI is InChI=1S/C15H13FN2S2/c1-9-10(2)20-15-13(9)14(17-8-18-15)19-7-11-5-3-4-6-12(11)16/h3-6,8H,7H2,1-2H3.